The van der Waals surface area contributed by atoms with Crippen molar-refractivity contribution in [1.29, 1.82) is 0 Å². The molecule has 1 aromatic rings. The number of fused-ring (bicyclic) bond motifs is 1. The lowest BCUT2D eigenvalue weighted by Gasteiger charge is -2.45. The van der Waals surface area contributed by atoms with Gasteiger partial charge in [-0.15, -0.1) is 0 Å². The smallest absolute Gasteiger partial charge is 0.130 e. The third kappa shape index (κ3) is 3.69. The van der Waals surface area contributed by atoms with Crippen LogP contribution in [0.25, 0.3) is 0 Å². The number of hydrogen-bond acceptors (Lipinski definition) is 6. The van der Waals surface area contributed by atoms with E-state index in [2.05, 4.69) is 64.1 Å². The summed E-state index contributed by atoms with van der Waals surface area (Å²) < 4.78 is 0. The Kier molecular flexibility index (Phi) is 5.57. The molecule has 7 heteroatoms. The van der Waals surface area contributed by atoms with Crippen LogP contribution in [0.3, 0.4) is 0 Å². The molecule has 0 radical (unpaired) electrons. The van der Waals surface area contributed by atoms with Crippen LogP contribution in [-0.2, 0) is 0 Å². The first-order valence-corrected chi connectivity index (χ1v) is 11.9. The third-order valence-corrected chi connectivity index (χ3v) is 7.93. The Labute approximate surface area is 190 Å². The fraction of sp³-hybridized carbons (Fsp3) is 0.583. The summed E-state index contributed by atoms with van der Waals surface area (Å²) in [6.45, 7) is 8.97. The Balaban J connectivity index is 1.38. The SMILES string of the molecule is CC1N2C(N3CCN(C)CC3)=CC=CC2=N[C@]1(C)[C@H]1CCC[C@@H](c2ncccc2Cl)N1. The van der Waals surface area contributed by atoms with Gasteiger partial charge in [0, 0.05) is 38.4 Å². The fourth-order valence-corrected chi connectivity index (χ4v) is 5.77. The number of likely N-dealkylation sites (N-methyl/N-ethyl adjacent to an activating group) is 1. The van der Waals surface area contributed by atoms with E-state index in [1.807, 2.05) is 18.3 Å². The molecular formula is C24H33ClN6. The second-order valence-corrected chi connectivity index (χ2v) is 9.90. The first-order chi connectivity index (χ1) is 15.0. The van der Waals surface area contributed by atoms with Gasteiger partial charge in [-0.1, -0.05) is 17.7 Å². The Bertz CT molecular complexity index is 918. The van der Waals surface area contributed by atoms with Crippen molar-refractivity contribution in [2.45, 2.75) is 56.8 Å². The summed E-state index contributed by atoms with van der Waals surface area (Å²) in [7, 11) is 2.20. The molecule has 5 rings (SSSR count). The van der Waals surface area contributed by atoms with E-state index in [1.165, 1.54) is 5.82 Å². The number of pyridine rings is 1. The molecule has 1 N–H and O–H groups in total. The molecule has 1 aromatic heterocycles. The molecular weight excluding hydrogens is 408 g/mol. The van der Waals surface area contributed by atoms with E-state index in [1.54, 1.807) is 0 Å². The van der Waals surface area contributed by atoms with Crippen LogP contribution in [0.15, 0.2) is 47.4 Å². The fourth-order valence-electron chi connectivity index (χ4n) is 5.52. The minimum Gasteiger partial charge on any atom is -0.355 e. The van der Waals surface area contributed by atoms with Crippen LogP contribution in [0.5, 0.6) is 0 Å². The zero-order chi connectivity index (χ0) is 21.6. The van der Waals surface area contributed by atoms with E-state index < -0.39 is 0 Å². The lowest BCUT2D eigenvalue weighted by molar-refractivity contribution is 0.128. The van der Waals surface area contributed by atoms with Crippen molar-refractivity contribution in [3.63, 3.8) is 0 Å². The van der Waals surface area contributed by atoms with E-state index in [0.29, 0.717) is 0 Å². The first-order valence-electron chi connectivity index (χ1n) is 11.5. The number of piperazine rings is 1. The monoisotopic (exact) mass is 440 g/mol. The normalized spacial score (nSPS) is 33.9. The number of aliphatic imine (C=N–C) groups is 1. The highest BCUT2D eigenvalue weighted by molar-refractivity contribution is 6.31. The molecule has 0 amide bonds. The van der Waals surface area contributed by atoms with E-state index in [0.717, 1.165) is 62.0 Å². The van der Waals surface area contributed by atoms with Crippen LogP contribution < -0.4 is 5.32 Å². The van der Waals surface area contributed by atoms with Gasteiger partial charge in [0.15, 0.2) is 0 Å². The highest BCUT2D eigenvalue weighted by atomic mass is 35.5. The molecule has 5 heterocycles. The van der Waals surface area contributed by atoms with Gasteiger partial charge in [-0.3, -0.25) is 9.98 Å². The summed E-state index contributed by atoms with van der Waals surface area (Å²) in [6, 6.07) is 4.56. The summed E-state index contributed by atoms with van der Waals surface area (Å²) in [4.78, 5) is 17.3. The van der Waals surface area contributed by atoms with Crippen LogP contribution in [0, 0.1) is 0 Å². The van der Waals surface area contributed by atoms with Crippen LogP contribution in [-0.4, -0.2) is 76.4 Å². The molecule has 0 bridgehead atoms. The van der Waals surface area contributed by atoms with Gasteiger partial charge < -0.3 is 20.0 Å². The third-order valence-electron chi connectivity index (χ3n) is 7.61. The predicted octanol–water partition coefficient (Wildman–Crippen LogP) is 3.44. The van der Waals surface area contributed by atoms with Gasteiger partial charge in [0.25, 0.3) is 0 Å². The Morgan fingerprint density at radius 2 is 2.00 bits per heavy atom. The molecule has 1 unspecified atom stereocenters. The van der Waals surface area contributed by atoms with Crippen molar-refractivity contribution in [2.75, 3.05) is 33.2 Å². The van der Waals surface area contributed by atoms with Gasteiger partial charge >= 0.3 is 0 Å². The molecule has 2 fully saturated rings. The number of amidine groups is 1. The number of nitrogens with one attached hydrogen (secondary N) is 1. The Hall–Kier alpha value is -1.89. The van der Waals surface area contributed by atoms with E-state index in [-0.39, 0.29) is 23.7 Å². The molecule has 4 aliphatic rings. The zero-order valence-electron chi connectivity index (χ0n) is 18.8. The number of aromatic nitrogens is 1. The number of piperidine rings is 1. The molecule has 4 atom stereocenters. The molecule has 0 saturated carbocycles. The topological polar surface area (TPSA) is 47.0 Å². The average Bonchev–Trinajstić information content (AvgIpc) is 3.06. The average molecular weight is 441 g/mol. The van der Waals surface area contributed by atoms with E-state index in [4.69, 9.17) is 16.6 Å². The molecule has 4 aliphatic heterocycles. The van der Waals surface area contributed by atoms with Gasteiger partial charge in [0.2, 0.25) is 0 Å². The molecule has 6 nitrogen and oxygen atoms in total. The number of halogens is 1. The maximum absolute atomic E-state index is 6.48. The number of hydrogen-bond donors (Lipinski definition) is 1. The standard InChI is InChI=1S/C24H33ClN6/c1-17-24(2,20-9-4-8-19(27-20)23-18(25)7-6-12-26-23)28-21-10-5-11-22(31(17)21)30-15-13-29(3)14-16-30/h5-7,10-12,17,19-20,27H,4,8-9,13-16H2,1-3H3/t17?,19-,20+,24-/m0/s1. The Morgan fingerprint density at radius 3 is 2.77 bits per heavy atom. The minimum absolute atomic E-state index is 0.178. The Morgan fingerprint density at radius 1 is 1.19 bits per heavy atom. The number of rotatable bonds is 3. The molecule has 0 spiro atoms. The summed E-state index contributed by atoms with van der Waals surface area (Å²) in [5, 5.41) is 4.64. The molecule has 31 heavy (non-hydrogen) atoms. The molecule has 0 aliphatic carbocycles. The zero-order valence-corrected chi connectivity index (χ0v) is 19.5. The van der Waals surface area contributed by atoms with Gasteiger partial charge in [0.1, 0.15) is 11.7 Å². The van der Waals surface area contributed by atoms with Crippen molar-refractivity contribution < 1.29 is 0 Å². The molecule has 166 valence electrons. The first kappa shape index (κ1) is 21.0. The molecule has 0 aromatic carbocycles. The van der Waals surface area contributed by atoms with Crippen LogP contribution in [0.1, 0.15) is 44.8 Å². The summed E-state index contributed by atoms with van der Waals surface area (Å²) in [5.41, 5.74) is 0.752. The van der Waals surface area contributed by atoms with E-state index in [9.17, 15) is 0 Å². The van der Waals surface area contributed by atoms with Crippen molar-refractivity contribution in [2.24, 2.45) is 4.99 Å². The highest BCUT2D eigenvalue weighted by Crippen LogP contribution is 2.41. The van der Waals surface area contributed by atoms with Crippen molar-refractivity contribution in [1.82, 2.24) is 25.0 Å². The van der Waals surface area contributed by atoms with E-state index >= 15 is 0 Å². The van der Waals surface area contributed by atoms with Crippen molar-refractivity contribution in [3.05, 3.63) is 53.1 Å². The van der Waals surface area contributed by atoms with Crippen LogP contribution in [0.2, 0.25) is 5.02 Å². The maximum atomic E-state index is 6.48. The molecule has 2 saturated heterocycles. The lowest BCUT2D eigenvalue weighted by atomic mass is 9.80. The van der Waals surface area contributed by atoms with Gasteiger partial charge in [-0.2, -0.15) is 0 Å². The van der Waals surface area contributed by atoms with Gasteiger partial charge in [0.05, 0.1) is 28.3 Å². The van der Waals surface area contributed by atoms with Gasteiger partial charge in [-0.25, -0.2) is 0 Å². The minimum atomic E-state index is -0.213. The maximum Gasteiger partial charge on any atom is 0.130 e. The van der Waals surface area contributed by atoms with Crippen LogP contribution in [0.4, 0.5) is 0 Å². The van der Waals surface area contributed by atoms with Gasteiger partial charge in [-0.05, 0) is 64.4 Å². The number of nitrogens with zero attached hydrogens (tertiary/aromatic N) is 5. The second-order valence-electron chi connectivity index (χ2n) is 9.49. The quantitative estimate of drug-likeness (QED) is 0.780. The second kappa shape index (κ2) is 8.23. The summed E-state index contributed by atoms with van der Waals surface area (Å²) >= 11 is 6.48. The summed E-state index contributed by atoms with van der Waals surface area (Å²) in [5.74, 6) is 2.39. The predicted molar refractivity (Wildman–Crippen MR) is 126 cm³/mol. The summed E-state index contributed by atoms with van der Waals surface area (Å²) in [6.07, 6.45) is 11.7. The highest BCUT2D eigenvalue weighted by Gasteiger charge is 2.50. The number of allylic oxidation sites excluding steroid dienone is 2. The van der Waals surface area contributed by atoms with Crippen LogP contribution >= 0.6 is 11.6 Å². The van der Waals surface area contributed by atoms with Crippen molar-refractivity contribution in [3.8, 4) is 0 Å². The lowest BCUT2D eigenvalue weighted by Crippen LogP contribution is -2.58. The van der Waals surface area contributed by atoms with Crippen molar-refractivity contribution >= 4 is 17.4 Å². The largest absolute Gasteiger partial charge is 0.355 e.